The number of piperazine rings is 1. The monoisotopic (exact) mass is 373 g/mol. The Labute approximate surface area is 156 Å². The lowest BCUT2D eigenvalue weighted by molar-refractivity contribution is 0.178. The standard InChI is InChI=1S/C20H27N3O2S/c1-26(24,25)21-13-12-20(18-8-4-2-5-9-18)23-16-14-22(15-17-23)19-10-6-3-7-11-19/h2-11,20-21H,12-17H2,1H3. The van der Waals surface area contributed by atoms with E-state index in [4.69, 9.17) is 0 Å². The van der Waals surface area contributed by atoms with Crippen LogP contribution in [-0.2, 0) is 10.0 Å². The van der Waals surface area contributed by atoms with Gasteiger partial charge in [0.15, 0.2) is 0 Å². The highest BCUT2D eigenvalue weighted by Gasteiger charge is 2.25. The van der Waals surface area contributed by atoms with Crippen LogP contribution in [0.3, 0.4) is 0 Å². The Morgan fingerprint density at radius 3 is 2.08 bits per heavy atom. The zero-order chi connectivity index (χ0) is 18.4. The van der Waals surface area contributed by atoms with E-state index in [0.29, 0.717) is 6.54 Å². The normalized spacial score (nSPS) is 17.2. The summed E-state index contributed by atoms with van der Waals surface area (Å²) in [4.78, 5) is 4.88. The van der Waals surface area contributed by atoms with Crippen molar-refractivity contribution in [3.05, 3.63) is 66.2 Å². The van der Waals surface area contributed by atoms with Gasteiger partial charge in [-0.15, -0.1) is 0 Å². The van der Waals surface area contributed by atoms with E-state index in [0.717, 1.165) is 32.6 Å². The van der Waals surface area contributed by atoms with Crippen molar-refractivity contribution in [3.8, 4) is 0 Å². The highest BCUT2D eigenvalue weighted by Crippen LogP contribution is 2.26. The van der Waals surface area contributed by atoms with Crippen molar-refractivity contribution >= 4 is 15.7 Å². The number of anilines is 1. The Kier molecular flexibility index (Phi) is 6.29. The van der Waals surface area contributed by atoms with Crippen molar-refractivity contribution in [2.75, 3.05) is 43.9 Å². The molecule has 0 aliphatic carbocycles. The van der Waals surface area contributed by atoms with Gasteiger partial charge in [0.25, 0.3) is 0 Å². The molecule has 0 radical (unpaired) electrons. The maximum Gasteiger partial charge on any atom is 0.208 e. The van der Waals surface area contributed by atoms with Crippen molar-refractivity contribution in [1.82, 2.24) is 9.62 Å². The van der Waals surface area contributed by atoms with Gasteiger partial charge in [-0.2, -0.15) is 0 Å². The number of hydrogen-bond acceptors (Lipinski definition) is 4. The Hall–Kier alpha value is -1.89. The van der Waals surface area contributed by atoms with Crippen LogP contribution >= 0.6 is 0 Å². The van der Waals surface area contributed by atoms with Crippen LogP contribution in [0.25, 0.3) is 0 Å². The smallest absolute Gasteiger partial charge is 0.208 e. The number of nitrogens with one attached hydrogen (secondary N) is 1. The molecule has 1 saturated heterocycles. The molecule has 1 fully saturated rings. The highest BCUT2D eigenvalue weighted by molar-refractivity contribution is 7.88. The molecule has 6 heteroatoms. The predicted molar refractivity (Wildman–Crippen MR) is 107 cm³/mol. The van der Waals surface area contributed by atoms with E-state index < -0.39 is 10.0 Å². The molecule has 0 amide bonds. The molecular formula is C20H27N3O2S. The fourth-order valence-electron chi connectivity index (χ4n) is 3.55. The topological polar surface area (TPSA) is 52.7 Å². The van der Waals surface area contributed by atoms with Gasteiger partial charge in [0.1, 0.15) is 0 Å². The minimum absolute atomic E-state index is 0.225. The van der Waals surface area contributed by atoms with E-state index in [1.807, 2.05) is 24.3 Å². The van der Waals surface area contributed by atoms with Gasteiger partial charge in [-0.25, -0.2) is 13.1 Å². The molecule has 0 aromatic heterocycles. The Morgan fingerprint density at radius 1 is 0.923 bits per heavy atom. The van der Waals surface area contributed by atoms with Crippen LogP contribution in [0.15, 0.2) is 60.7 Å². The summed E-state index contributed by atoms with van der Waals surface area (Å²) < 4.78 is 25.4. The molecule has 3 rings (SSSR count). The van der Waals surface area contributed by atoms with Crippen molar-refractivity contribution in [3.63, 3.8) is 0 Å². The number of sulfonamides is 1. The maximum absolute atomic E-state index is 11.4. The molecule has 1 atom stereocenters. The average molecular weight is 374 g/mol. The number of para-hydroxylation sites is 1. The molecular weight excluding hydrogens is 346 g/mol. The van der Waals surface area contributed by atoms with Crippen molar-refractivity contribution in [1.29, 1.82) is 0 Å². The van der Waals surface area contributed by atoms with E-state index in [9.17, 15) is 8.42 Å². The lowest BCUT2D eigenvalue weighted by Gasteiger charge is -2.40. The van der Waals surface area contributed by atoms with Crippen LogP contribution in [0.2, 0.25) is 0 Å². The average Bonchev–Trinajstić information content (AvgIpc) is 2.66. The quantitative estimate of drug-likeness (QED) is 0.810. The molecule has 2 aromatic rings. The number of nitrogens with zero attached hydrogens (tertiary/aromatic N) is 2. The Balaban J connectivity index is 1.65. The third kappa shape index (κ3) is 5.30. The summed E-state index contributed by atoms with van der Waals surface area (Å²) in [6.45, 7) is 4.34. The number of benzene rings is 2. The predicted octanol–water partition coefficient (Wildman–Crippen LogP) is 2.49. The van der Waals surface area contributed by atoms with Crippen LogP contribution in [0.5, 0.6) is 0 Å². The van der Waals surface area contributed by atoms with Gasteiger partial charge < -0.3 is 4.90 Å². The SMILES string of the molecule is CS(=O)(=O)NCCC(c1ccccc1)N1CCN(c2ccccc2)CC1. The summed E-state index contributed by atoms with van der Waals surface area (Å²) in [5.74, 6) is 0. The van der Waals surface area contributed by atoms with Gasteiger partial charge in [-0.3, -0.25) is 4.90 Å². The second kappa shape index (κ2) is 8.66. The van der Waals surface area contributed by atoms with Gasteiger partial charge in [-0.05, 0) is 24.1 Å². The molecule has 1 aliphatic rings. The summed E-state index contributed by atoms with van der Waals surface area (Å²) >= 11 is 0. The number of rotatable bonds is 7. The first-order chi connectivity index (χ1) is 12.5. The van der Waals surface area contributed by atoms with Crippen molar-refractivity contribution < 1.29 is 8.42 Å². The Morgan fingerprint density at radius 2 is 1.50 bits per heavy atom. The third-order valence-corrected chi connectivity index (χ3v) is 5.57. The van der Waals surface area contributed by atoms with Gasteiger partial charge in [0.2, 0.25) is 10.0 Å². The molecule has 140 valence electrons. The molecule has 2 aromatic carbocycles. The second-order valence-electron chi connectivity index (χ2n) is 6.74. The fraction of sp³-hybridized carbons (Fsp3) is 0.400. The zero-order valence-corrected chi connectivity index (χ0v) is 16.0. The van der Waals surface area contributed by atoms with Crippen LogP contribution in [0, 0.1) is 0 Å². The van der Waals surface area contributed by atoms with E-state index in [1.165, 1.54) is 17.5 Å². The van der Waals surface area contributed by atoms with Gasteiger partial charge in [0, 0.05) is 44.5 Å². The maximum atomic E-state index is 11.4. The highest BCUT2D eigenvalue weighted by atomic mass is 32.2. The second-order valence-corrected chi connectivity index (χ2v) is 8.57. The molecule has 5 nitrogen and oxygen atoms in total. The van der Waals surface area contributed by atoms with Crippen LogP contribution in [-0.4, -0.2) is 52.3 Å². The molecule has 1 unspecified atom stereocenters. The fourth-order valence-corrected chi connectivity index (χ4v) is 4.04. The van der Waals surface area contributed by atoms with Crippen molar-refractivity contribution in [2.24, 2.45) is 0 Å². The molecule has 0 bridgehead atoms. The molecule has 1 N–H and O–H groups in total. The molecule has 26 heavy (non-hydrogen) atoms. The van der Waals surface area contributed by atoms with Crippen LogP contribution in [0.1, 0.15) is 18.0 Å². The summed E-state index contributed by atoms with van der Waals surface area (Å²) in [5.41, 5.74) is 2.51. The first-order valence-corrected chi connectivity index (χ1v) is 11.0. The van der Waals surface area contributed by atoms with E-state index >= 15 is 0 Å². The van der Waals surface area contributed by atoms with E-state index in [1.54, 1.807) is 0 Å². The van der Waals surface area contributed by atoms with Gasteiger partial charge in [-0.1, -0.05) is 48.5 Å². The van der Waals surface area contributed by atoms with Gasteiger partial charge >= 0.3 is 0 Å². The first kappa shape index (κ1) is 18.9. The summed E-state index contributed by atoms with van der Waals surface area (Å²) in [6, 6.07) is 21.1. The minimum Gasteiger partial charge on any atom is -0.369 e. The summed E-state index contributed by atoms with van der Waals surface area (Å²) in [6.07, 6.45) is 1.98. The van der Waals surface area contributed by atoms with E-state index in [2.05, 4.69) is 50.9 Å². The lowest BCUT2D eigenvalue weighted by atomic mass is 10.0. The molecule has 0 spiro atoms. The molecule has 1 aliphatic heterocycles. The van der Waals surface area contributed by atoms with Crippen LogP contribution in [0.4, 0.5) is 5.69 Å². The lowest BCUT2D eigenvalue weighted by Crippen LogP contribution is -2.48. The van der Waals surface area contributed by atoms with Gasteiger partial charge in [0.05, 0.1) is 6.26 Å². The first-order valence-electron chi connectivity index (χ1n) is 9.06. The summed E-state index contributed by atoms with van der Waals surface area (Å²) in [5, 5.41) is 0. The minimum atomic E-state index is -3.15. The molecule has 0 saturated carbocycles. The molecule has 1 heterocycles. The van der Waals surface area contributed by atoms with Crippen LogP contribution < -0.4 is 9.62 Å². The zero-order valence-electron chi connectivity index (χ0n) is 15.2. The summed E-state index contributed by atoms with van der Waals surface area (Å²) in [7, 11) is -3.15. The number of hydrogen-bond donors (Lipinski definition) is 1. The van der Waals surface area contributed by atoms with Crippen molar-refractivity contribution in [2.45, 2.75) is 12.5 Å². The third-order valence-electron chi connectivity index (χ3n) is 4.84. The largest absolute Gasteiger partial charge is 0.369 e. The Bertz CT molecular complexity index is 773. The van der Waals surface area contributed by atoms with E-state index in [-0.39, 0.29) is 6.04 Å².